The van der Waals surface area contributed by atoms with E-state index >= 15 is 0 Å². The molecule has 19 heavy (non-hydrogen) atoms. The van der Waals surface area contributed by atoms with Gasteiger partial charge in [0.1, 0.15) is 0 Å². The van der Waals surface area contributed by atoms with Gasteiger partial charge in [-0.3, -0.25) is 14.4 Å². The van der Waals surface area contributed by atoms with Gasteiger partial charge in [0.25, 0.3) is 0 Å². The number of carbonyl (C=O) groups excluding carboxylic acids is 3. The Labute approximate surface area is 112 Å². The molecule has 0 bridgehead atoms. The van der Waals surface area contributed by atoms with E-state index in [0.29, 0.717) is 19.7 Å². The Balaban J connectivity index is 2.47. The van der Waals surface area contributed by atoms with Crippen LogP contribution in [0.5, 0.6) is 0 Å². The highest BCUT2D eigenvalue weighted by Gasteiger charge is 2.26. The molecule has 1 atom stereocenters. The number of esters is 1. The van der Waals surface area contributed by atoms with Crippen LogP contribution in [0.3, 0.4) is 0 Å². The van der Waals surface area contributed by atoms with Gasteiger partial charge in [-0.15, -0.1) is 0 Å². The van der Waals surface area contributed by atoms with Gasteiger partial charge < -0.3 is 19.3 Å². The first kappa shape index (κ1) is 15.4. The molecule has 1 fully saturated rings. The molecule has 0 spiro atoms. The van der Waals surface area contributed by atoms with Crippen molar-refractivity contribution >= 4 is 17.8 Å². The van der Waals surface area contributed by atoms with Crippen LogP contribution >= 0.6 is 0 Å². The van der Waals surface area contributed by atoms with E-state index in [4.69, 9.17) is 4.74 Å². The average molecular weight is 272 g/mol. The fourth-order valence-electron chi connectivity index (χ4n) is 1.75. The van der Waals surface area contributed by atoms with E-state index in [9.17, 15) is 14.4 Å². The maximum absolute atomic E-state index is 12.0. The zero-order chi connectivity index (χ0) is 14.4. The molecule has 7 heteroatoms. The first-order valence-electron chi connectivity index (χ1n) is 6.12. The number of hydrogen-bond acceptors (Lipinski definition) is 5. The molecule has 1 heterocycles. The number of ether oxygens (including phenoxy) is 2. The Morgan fingerprint density at radius 2 is 2.11 bits per heavy atom. The molecule has 0 aromatic rings. The first-order chi connectivity index (χ1) is 8.93. The van der Waals surface area contributed by atoms with Crippen LogP contribution in [0.4, 0.5) is 0 Å². The second kappa shape index (κ2) is 7.08. The predicted molar refractivity (Wildman–Crippen MR) is 66.3 cm³/mol. The molecular formula is C12H20N2O5. The van der Waals surface area contributed by atoms with Gasteiger partial charge in [-0.25, -0.2) is 0 Å². The van der Waals surface area contributed by atoms with E-state index < -0.39 is 0 Å². The molecule has 0 saturated carbocycles. The smallest absolute Gasteiger partial charge is 0.308 e. The van der Waals surface area contributed by atoms with Crippen molar-refractivity contribution in [2.45, 2.75) is 19.4 Å². The molecule has 1 saturated heterocycles. The van der Waals surface area contributed by atoms with Crippen molar-refractivity contribution in [3.05, 3.63) is 0 Å². The number of methoxy groups -OCH3 is 1. The lowest BCUT2D eigenvalue weighted by Crippen LogP contribution is -2.49. The normalized spacial score (nSPS) is 18.9. The van der Waals surface area contributed by atoms with E-state index in [-0.39, 0.29) is 36.9 Å². The number of carbonyl (C=O) groups is 3. The van der Waals surface area contributed by atoms with Gasteiger partial charge >= 0.3 is 5.97 Å². The van der Waals surface area contributed by atoms with Crippen molar-refractivity contribution in [1.82, 2.24) is 9.80 Å². The average Bonchev–Trinajstić information content (AvgIpc) is 2.38. The van der Waals surface area contributed by atoms with Crippen LogP contribution in [-0.2, 0) is 23.9 Å². The number of likely N-dealkylation sites (N-methyl/N-ethyl adjacent to an activating group) is 1. The van der Waals surface area contributed by atoms with Crippen LogP contribution in [0.2, 0.25) is 0 Å². The third-order valence-electron chi connectivity index (χ3n) is 3.02. The largest absolute Gasteiger partial charge is 0.469 e. The molecular weight excluding hydrogens is 252 g/mol. The van der Waals surface area contributed by atoms with Crippen LogP contribution in [0.1, 0.15) is 13.3 Å². The molecule has 2 amide bonds. The van der Waals surface area contributed by atoms with Crippen LogP contribution in [0.25, 0.3) is 0 Å². The fraction of sp³-hybridized carbons (Fsp3) is 0.750. The van der Waals surface area contributed by atoms with Gasteiger partial charge in [0.2, 0.25) is 11.8 Å². The highest BCUT2D eigenvalue weighted by molar-refractivity contribution is 5.83. The lowest BCUT2D eigenvalue weighted by atomic mass is 10.2. The number of amides is 2. The third kappa shape index (κ3) is 4.86. The Morgan fingerprint density at radius 3 is 2.68 bits per heavy atom. The predicted octanol–water partition coefficient (Wildman–Crippen LogP) is -0.745. The Kier molecular flexibility index (Phi) is 5.75. The van der Waals surface area contributed by atoms with Crippen molar-refractivity contribution in [2.24, 2.45) is 0 Å². The van der Waals surface area contributed by atoms with E-state index in [1.807, 2.05) is 0 Å². The monoisotopic (exact) mass is 272 g/mol. The summed E-state index contributed by atoms with van der Waals surface area (Å²) >= 11 is 0. The van der Waals surface area contributed by atoms with Crippen LogP contribution in [0.15, 0.2) is 0 Å². The van der Waals surface area contributed by atoms with Crippen LogP contribution in [0, 0.1) is 0 Å². The zero-order valence-corrected chi connectivity index (χ0v) is 11.5. The first-order valence-corrected chi connectivity index (χ1v) is 6.12. The summed E-state index contributed by atoms with van der Waals surface area (Å²) in [5.74, 6) is -0.663. The van der Waals surface area contributed by atoms with Gasteiger partial charge in [0, 0.05) is 27.1 Å². The minimum atomic E-state index is -0.361. The summed E-state index contributed by atoms with van der Waals surface area (Å²) in [4.78, 5) is 37.2. The fourth-order valence-corrected chi connectivity index (χ4v) is 1.75. The summed E-state index contributed by atoms with van der Waals surface area (Å²) in [5, 5.41) is 0. The quantitative estimate of drug-likeness (QED) is 0.630. The van der Waals surface area contributed by atoms with E-state index in [1.54, 1.807) is 11.9 Å². The summed E-state index contributed by atoms with van der Waals surface area (Å²) in [5.41, 5.74) is 0. The molecule has 1 rings (SSSR count). The van der Waals surface area contributed by atoms with Gasteiger partial charge in [0.15, 0.2) is 0 Å². The van der Waals surface area contributed by atoms with Gasteiger partial charge in [-0.05, 0) is 0 Å². The standard InChI is InChI=1S/C12H20N2O5/c1-9(15)13(2)8-11(16)14-4-5-19-10(7-14)6-12(17)18-3/h10H,4-8H2,1-3H3. The second-order valence-corrected chi connectivity index (χ2v) is 4.49. The highest BCUT2D eigenvalue weighted by atomic mass is 16.5. The second-order valence-electron chi connectivity index (χ2n) is 4.49. The maximum Gasteiger partial charge on any atom is 0.308 e. The van der Waals surface area contributed by atoms with E-state index in [2.05, 4.69) is 4.74 Å². The zero-order valence-electron chi connectivity index (χ0n) is 11.5. The Bertz CT molecular complexity index is 358. The molecule has 0 aliphatic carbocycles. The van der Waals surface area contributed by atoms with E-state index in [0.717, 1.165) is 0 Å². The molecule has 7 nitrogen and oxygen atoms in total. The molecule has 1 aliphatic heterocycles. The van der Waals surface area contributed by atoms with Crippen molar-refractivity contribution < 1.29 is 23.9 Å². The highest BCUT2D eigenvalue weighted by Crippen LogP contribution is 2.10. The molecule has 0 aromatic carbocycles. The van der Waals surface area contributed by atoms with Crippen molar-refractivity contribution in [2.75, 3.05) is 40.4 Å². The molecule has 1 unspecified atom stereocenters. The molecule has 108 valence electrons. The van der Waals surface area contributed by atoms with Gasteiger partial charge in [-0.2, -0.15) is 0 Å². The Morgan fingerprint density at radius 1 is 1.42 bits per heavy atom. The number of nitrogens with zero attached hydrogens (tertiary/aromatic N) is 2. The molecule has 0 radical (unpaired) electrons. The van der Waals surface area contributed by atoms with Gasteiger partial charge in [-0.1, -0.05) is 0 Å². The summed E-state index contributed by atoms with van der Waals surface area (Å²) in [7, 11) is 2.89. The van der Waals surface area contributed by atoms with Crippen molar-refractivity contribution in [1.29, 1.82) is 0 Å². The third-order valence-corrected chi connectivity index (χ3v) is 3.02. The van der Waals surface area contributed by atoms with E-state index in [1.165, 1.54) is 18.9 Å². The summed E-state index contributed by atoms with van der Waals surface area (Å²) in [6.45, 7) is 2.66. The number of rotatable bonds is 4. The lowest BCUT2D eigenvalue weighted by Gasteiger charge is -2.33. The van der Waals surface area contributed by atoms with Crippen LogP contribution in [-0.4, -0.2) is 74.1 Å². The van der Waals surface area contributed by atoms with Crippen LogP contribution < -0.4 is 0 Å². The lowest BCUT2D eigenvalue weighted by molar-refractivity contribution is -0.150. The summed E-state index contributed by atoms with van der Waals surface area (Å²) in [6, 6.07) is 0. The SMILES string of the molecule is COC(=O)CC1CN(C(=O)CN(C)C(C)=O)CCO1. The Hall–Kier alpha value is -1.63. The van der Waals surface area contributed by atoms with Gasteiger partial charge in [0.05, 0.1) is 32.8 Å². The maximum atomic E-state index is 12.0. The minimum absolute atomic E-state index is 0.0419. The summed E-state index contributed by atoms with van der Waals surface area (Å²) in [6.07, 6.45) is -0.212. The molecule has 0 N–H and O–H groups in total. The molecule has 1 aliphatic rings. The van der Waals surface area contributed by atoms with Crippen molar-refractivity contribution in [3.63, 3.8) is 0 Å². The van der Waals surface area contributed by atoms with Crippen molar-refractivity contribution in [3.8, 4) is 0 Å². The summed E-state index contributed by atoms with van der Waals surface area (Å²) < 4.78 is 9.98. The molecule has 0 aromatic heterocycles. The topological polar surface area (TPSA) is 76.2 Å². The number of morpholine rings is 1. The minimum Gasteiger partial charge on any atom is -0.469 e. The number of hydrogen-bond donors (Lipinski definition) is 0.